The molecule has 0 aromatic rings. The molecule has 0 saturated carbocycles. The summed E-state index contributed by atoms with van der Waals surface area (Å²) in [6.45, 7) is 5.83. The largest absolute Gasteiger partial charge is 0.271 e. The lowest BCUT2D eigenvalue weighted by molar-refractivity contribution is -0.819. The van der Waals surface area contributed by atoms with Crippen LogP contribution < -0.4 is 0 Å². The van der Waals surface area contributed by atoms with Crippen LogP contribution in [0.25, 0.3) is 0 Å². The van der Waals surface area contributed by atoms with Crippen molar-refractivity contribution < 1.29 is 4.48 Å². The lowest BCUT2D eigenvalue weighted by atomic mass is 10.1. The van der Waals surface area contributed by atoms with E-state index in [-0.39, 0.29) is 0 Å². The van der Waals surface area contributed by atoms with Gasteiger partial charge in [0.15, 0.2) is 0 Å². The maximum atomic E-state index is 2.36. The van der Waals surface area contributed by atoms with Crippen LogP contribution in [0.1, 0.15) is 58.8 Å². The van der Waals surface area contributed by atoms with Gasteiger partial charge >= 0.3 is 0 Å². The average Bonchev–Trinajstić information content (AvgIpc) is 2.64. The minimum Gasteiger partial charge on any atom is -0.271 e. The van der Waals surface area contributed by atoms with Gasteiger partial charge in [0.1, 0.15) is 11.9 Å². The van der Waals surface area contributed by atoms with E-state index in [1.54, 1.807) is 5.70 Å². The molecule has 0 N–H and O–H groups in total. The number of nitrogens with zero attached hydrogens (tertiary/aromatic N) is 1. The fourth-order valence-electron chi connectivity index (χ4n) is 2.39. The van der Waals surface area contributed by atoms with Gasteiger partial charge in [-0.3, -0.25) is 4.48 Å². The number of unbranched alkanes of at least 4 members (excludes halogenated alkanes) is 4. The van der Waals surface area contributed by atoms with Crippen LogP contribution in [-0.2, 0) is 0 Å². The summed E-state index contributed by atoms with van der Waals surface area (Å²) < 4.78 is 1.07. The van der Waals surface area contributed by atoms with E-state index < -0.39 is 0 Å². The van der Waals surface area contributed by atoms with E-state index in [0.29, 0.717) is 0 Å². The second kappa shape index (κ2) is 6.90. The highest BCUT2D eigenvalue weighted by Crippen LogP contribution is 2.27. The fourth-order valence-corrected chi connectivity index (χ4v) is 2.39. The Morgan fingerprint density at radius 1 is 1.00 bits per heavy atom. The molecular formula is C15H28N+. The molecule has 0 bridgehead atoms. The van der Waals surface area contributed by atoms with Gasteiger partial charge < -0.3 is 0 Å². The highest BCUT2D eigenvalue weighted by molar-refractivity contribution is 5.13. The third kappa shape index (κ3) is 3.79. The molecule has 0 spiro atoms. The molecule has 1 heteroatoms. The van der Waals surface area contributed by atoms with Crippen LogP contribution in [0.5, 0.6) is 0 Å². The number of quaternary nitrogens is 1. The van der Waals surface area contributed by atoms with E-state index in [1.807, 2.05) is 0 Å². The quantitative estimate of drug-likeness (QED) is 0.415. The summed E-state index contributed by atoms with van der Waals surface area (Å²) in [6, 6.07) is 0. The molecule has 0 aromatic carbocycles. The first-order valence-electron chi connectivity index (χ1n) is 6.97. The van der Waals surface area contributed by atoms with Crippen molar-refractivity contribution in [1.82, 2.24) is 0 Å². The van der Waals surface area contributed by atoms with Crippen molar-refractivity contribution in [3.63, 3.8) is 0 Å². The normalized spacial score (nSPS) is 23.8. The standard InChI is InChI=1S/C15H28N/c1-4-6-8-9-13-16(3)14-10-12-15(16)11-7-5-2/h10,12,14H,4-9,11,13H2,1-3H3/q+1. The monoisotopic (exact) mass is 222 g/mol. The number of allylic oxidation sites excluding steroid dienone is 3. The predicted octanol–water partition coefficient (Wildman–Crippen LogP) is 4.61. The minimum absolute atomic E-state index is 1.07. The Morgan fingerprint density at radius 2 is 1.75 bits per heavy atom. The lowest BCUT2D eigenvalue weighted by Crippen LogP contribution is -2.36. The Labute approximate surface area is 101 Å². The van der Waals surface area contributed by atoms with E-state index in [4.69, 9.17) is 0 Å². The second-order valence-electron chi connectivity index (χ2n) is 5.16. The van der Waals surface area contributed by atoms with Crippen LogP contribution in [0.15, 0.2) is 24.0 Å². The van der Waals surface area contributed by atoms with Crippen molar-refractivity contribution in [2.75, 3.05) is 13.6 Å². The number of hydrogen-bond acceptors (Lipinski definition) is 0. The van der Waals surface area contributed by atoms with Gasteiger partial charge in [-0.2, -0.15) is 0 Å². The molecule has 1 aliphatic heterocycles. The van der Waals surface area contributed by atoms with E-state index >= 15 is 0 Å². The molecule has 0 fully saturated rings. The third-order valence-corrected chi connectivity index (χ3v) is 3.62. The van der Waals surface area contributed by atoms with Crippen LogP contribution >= 0.6 is 0 Å². The molecule has 0 saturated heterocycles. The Hall–Kier alpha value is -0.560. The van der Waals surface area contributed by atoms with E-state index in [0.717, 1.165) is 4.48 Å². The first kappa shape index (κ1) is 13.5. The first-order valence-corrected chi connectivity index (χ1v) is 6.97. The van der Waals surface area contributed by atoms with Gasteiger partial charge in [0.25, 0.3) is 0 Å². The van der Waals surface area contributed by atoms with Gasteiger partial charge in [0.05, 0.1) is 13.6 Å². The minimum atomic E-state index is 1.07. The van der Waals surface area contributed by atoms with Crippen molar-refractivity contribution in [2.45, 2.75) is 58.8 Å². The fraction of sp³-hybridized carbons (Fsp3) is 0.733. The Morgan fingerprint density at radius 3 is 2.44 bits per heavy atom. The van der Waals surface area contributed by atoms with Crippen LogP contribution in [0.3, 0.4) is 0 Å². The molecule has 1 nitrogen and oxygen atoms in total. The summed E-state index contributed by atoms with van der Waals surface area (Å²) in [6.07, 6.45) is 16.3. The maximum absolute atomic E-state index is 2.36. The highest BCUT2D eigenvalue weighted by atomic mass is 15.3. The summed E-state index contributed by atoms with van der Waals surface area (Å²) in [7, 11) is 2.36. The summed E-state index contributed by atoms with van der Waals surface area (Å²) in [5.74, 6) is 0. The molecule has 92 valence electrons. The third-order valence-electron chi connectivity index (χ3n) is 3.62. The van der Waals surface area contributed by atoms with Crippen LogP contribution in [-0.4, -0.2) is 18.1 Å². The van der Waals surface area contributed by atoms with Crippen molar-refractivity contribution in [1.29, 1.82) is 0 Å². The molecule has 0 amide bonds. The molecule has 1 unspecified atom stereocenters. The maximum Gasteiger partial charge on any atom is 0.113 e. The van der Waals surface area contributed by atoms with Crippen LogP contribution in [0.2, 0.25) is 0 Å². The molecule has 0 aliphatic carbocycles. The Kier molecular flexibility index (Phi) is 5.83. The van der Waals surface area contributed by atoms with Crippen molar-refractivity contribution in [3.8, 4) is 0 Å². The summed E-state index contributed by atoms with van der Waals surface area (Å²) >= 11 is 0. The Bertz CT molecular complexity index is 252. The molecule has 1 aliphatic rings. The van der Waals surface area contributed by atoms with E-state index in [1.165, 1.54) is 51.5 Å². The van der Waals surface area contributed by atoms with Crippen molar-refractivity contribution in [3.05, 3.63) is 24.0 Å². The van der Waals surface area contributed by atoms with Crippen LogP contribution in [0, 0.1) is 0 Å². The van der Waals surface area contributed by atoms with E-state index in [9.17, 15) is 0 Å². The van der Waals surface area contributed by atoms with Gasteiger partial charge in [-0.05, 0) is 25.3 Å². The van der Waals surface area contributed by atoms with Gasteiger partial charge in [-0.25, -0.2) is 0 Å². The zero-order valence-electron chi connectivity index (χ0n) is 11.3. The molecule has 1 heterocycles. The van der Waals surface area contributed by atoms with Gasteiger partial charge in [-0.1, -0.05) is 33.1 Å². The predicted molar refractivity (Wildman–Crippen MR) is 71.9 cm³/mol. The average molecular weight is 222 g/mol. The molecule has 0 radical (unpaired) electrons. The summed E-state index contributed by atoms with van der Waals surface area (Å²) in [5.41, 5.74) is 1.61. The first-order chi connectivity index (χ1) is 7.73. The van der Waals surface area contributed by atoms with Gasteiger partial charge in [0, 0.05) is 12.5 Å². The zero-order valence-corrected chi connectivity index (χ0v) is 11.3. The van der Waals surface area contributed by atoms with Crippen molar-refractivity contribution >= 4 is 0 Å². The smallest absolute Gasteiger partial charge is 0.113 e. The SMILES string of the molecule is CCCCCC[N+]1(C)C=CC=C1CCCC. The topological polar surface area (TPSA) is 0 Å². The van der Waals surface area contributed by atoms with Gasteiger partial charge in [-0.15, -0.1) is 0 Å². The van der Waals surface area contributed by atoms with Gasteiger partial charge in [0.2, 0.25) is 0 Å². The Balaban J connectivity index is 2.36. The molecular weight excluding hydrogens is 194 g/mol. The van der Waals surface area contributed by atoms with Crippen LogP contribution in [0.4, 0.5) is 0 Å². The molecule has 0 aromatic heterocycles. The second-order valence-corrected chi connectivity index (χ2v) is 5.16. The zero-order chi connectivity index (χ0) is 11.9. The van der Waals surface area contributed by atoms with E-state index in [2.05, 4.69) is 39.2 Å². The molecule has 1 atom stereocenters. The highest BCUT2D eigenvalue weighted by Gasteiger charge is 2.26. The molecule has 1 rings (SSSR count). The number of rotatable bonds is 8. The number of hydrogen-bond donors (Lipinski definition) is 0. The summed E-state index contributed by atoms with van der Waals surface area (Å²) in [5, 5.41) is 0. The van der Waals surface area contributed by atoms with Crippen molar-refractivity contribution in [2.24, 2.45) is 0 Å². The lowest BCUT2D eigenvalue weighted by Gasteiger charge is -2.29. The summed E-state index contributed by atoms with van der Waals surface area (Å²) in [4.78, 5) is 0. The molecule has 16 heavy (non-hydrogen) atoms.